The maximum absolute atomic E-state index is 12.0. The van der Waals surface area contributed by atoms with Gasteiger partial charge in [-0.05, 0) is 17.5 Å². The molecule has 0 bridgehead atoms. The number of carbonyl (C=O) groups is 2. The minimum absolute atomic E-state index is 0.136. The number of rotatable bonds is 4. The number of aromatic nitrogens is 1. The standard InChI is InChI=1S/C13H17ClN2O3/c1-13(2,3)10(6-11(17)18)16-12(19)9-5-4-8(14)7-15-9/h4-5,7,10H,6H2,1-3H3,(H,16,19)(H,17,18). The van der Waals surface area contributed by atoms with Crippen molar-refractivity contribution >= 4 is 23.5 Å². The molecule has 0 aliphatic heterocycles. The van der Waals surface area contributed by atoms with Gasteiger partial charge in [-0.2, -0.15) is 0 Å². The van der Waals surface area contributed by atoms with Crippen LogP contribution in [0.3, 0.4) is 0 Å². The van der Waals surface area contributed by atoms with Crippen LogP contribution in [0.1, 0.15) is 37.7 Å². The Balaban J connectivity index is 2.81. The Morgan fingerprint density at radius 2 is 2.05 bits per heavy atom. The number of carboxylic acids is 1. The van der Waals surface area contributed by atoms with Gasteiger partial charge < -0.3 is 10.4 Å². The normalized spacial score (nSPS) is 12.8. The minimum Gasteiger partial charge on any atom is -0.481 e. The van der Waals surface area contributed by atoms with E-state index in [0.29, 0.717) is 5.02 Å². The van der Waals surface area contributed by atoms with Gasteiger partial charge in [0.05, 0.1) is 11.4 Å². The Hall–Kier alpha value is -1.62. The highest BCUT2D eigenvalue weighted by atomic mass is 35.5. The van der Waals surface area contributed by atoms with E-state index in [1.54, 1.807) is 6.07 Å². The summed E-state index contributed by atoms with van der Waals surface area (Å²) in [5.41, 5.74) is -0.149. The SMILES string of the molecule is CC(C)(C)C(CC(=O)O)NC(=O)c1ccc(Cl)cn1. The van der Waals surface area contributed by atoms with E-state index in [0.717, 1.165) is 0 Å². The Morgan fingerprint density at radius 3 is 2.47 bits per heavy atom. The summed E-state index contributed by atoms with van der Waals surface area (Å²) in [6.45, 7) is 5.61. The summed E-state index contributed by atoms with van der Waals surface area (Å²) in [6.07, 6.45) is 1.24. The fourth-order valence-electron chi connectivity index (χ4n) is 1.49. The predicted octanol–water partition coefficient (Wildman–Crippen LogP) is 2.35. The van der Waals surface area contributed by atoms with Crippen LogP contribution in [0.25, 0.3) is 0 Å². The van der Waals surface area contributed by atoms with E-state index in [2.05, 4.69) is 10.3 Å². The zero-order valence-electron chi connectivity index (χ0n) is 11.1. The number of nitrogens with zero attached hydrogens (tertiary/aromatic N) is 1. The number of nitrogens with one attached hydrogen (secondary N) is 1. The molecule has 2 N–H and O–H groups in total. The summed E-state index contributed by atoms with van der Waals surface area (Å²) in [7, 11) is 0. The third-order valence-electron chi connectivity index (χ3n) is 2.69. The lowest BCUT2D eigenvalue weighted by atomic mass is 9.84. The number of carboxylic acid groups (broad SMARTS) is 1. The molecule has 104 valence electrons. The first-order chi connectivity index (χ1) is 8.70. The van der Waals surface area contributed by atoms with Gasteiger partial charge in [0.15, 0.2) is 0 Å². The Morgan fingerprint density at radius 1 is 1.42 bits per heavy atom. The molecule has 5 nitrogen and oxygen atoms in total. The smallest absolute Gasteiger partial charge is 0.305 e. The molecule has 1 heterocycles. The maximum atomic E-state index is 12.0. The van der Waals surface area contributed by atoms with Crippen LogP contribution in [-0.2, 0) is 4.79 Å². The van der Waals surface area contributed by atoms with Crippen LogP contribution < -0.4 is 5.32 Å². The molecule has 0 aliphatic rings. The van der Waals surface area contributed by atoms with Crippen LogP contribution in [0.2, 0.25) is 5.02 Å². The van der Waals surface area contributed by atoms with E-state index in [1.165, 1.54) is 12.3 Å². The second-order valence-electron chi connectivity index (χ2n) is 5.35. The first-order valence-electron chi connectivity index (χ1n) is 5.84. The zero-order valence-corrected chi connectivity index (χ0v) is 11.9. The van der Waals surface area contributed by atoms with Crippen LogP contribution >= 0.6 is 11.6 Å². The molecule has 1 unspecified atom stereocenters. The second kappa shape index (κ2) is 6.02. The largest absolute Gasteiger partial charge is 0.481 e. The number of amides is 1. The highest BCUT2D eigenvalue weighted by Crippen LogP contribution is 2.22. The molecule has 1 aromatic heterocycles. The number of carbonyl (C=O) groups excluding carboxylic acids is 1. The summed E-state index contributed by atoms with van der Waals surface area (Å²) < 4.78 is 0. The van der Waals surface area contributed by atoms with Gasteiger partial charge in [-0.15, -0.1) is 0 Å². The van der Waals surface area contributed by atoms with Crippen molar-refractivity contribution in [1.29, 1.82) is 0 Å². The van der Waals surface area contributed by atoms with Gasteiger partial charge in [-0.3, -0.25) is 9.59 Å². The molecule has 1 rings (SSSR count). The average Bonchev–Trinajstić information content (AvgIpc) is 2.27. The molecule has 1 aromatic rings. The lowest BCUT2D eigenvalue weighted by Gasteiger charge is -2.30. The molecule has 0 spiro atoms. The van der Waals surface area contributed by atoms with Gasteiger partial charge in [-0.25, -0.2) is 4.98 Å². The van der Waals surface area contributed by atoms with Gasteiger partial charge >= 0.3 is 5.97 Å². The molecule has 0 saturated heterocycles. The highest BCUT2D eigenvalue weighted by molar-refractivity contribution is 6.30. The minimum atomic E-state index is -0.954. The number of pyridine rings is 1. The lowest BCUT2D eigenvalue weighted by molar-refractivity contribution is -0.138. The fraction of sp³-hybridized carbons (Fsp3) is 0.462. The average molecular weight is 285 g/mol. The number of hydrogen-bond donors (Lipinski definition) is 2. The Kier molecular flexibility index (Phi) is 4.89. The van der Waals surface area contributed by atoms with Crippen molar-refractivity contribution in [2.45, 2.75) is 33.2 Å². The van der Waals surface area contributed by atoms with Crippen LogP contribution in [0, 0.1) is 5.41 Å². The summed E-state index contributed by atoms with van der Waals surface area (Å²) >= 11 is 5.69. The highest BCUT2D eigenvalue weighted by Gasteiger charge is 2.28. The molecule has 0 aliphatic carbocycles. The lowest BCUT2D eigenvalue weighted by Crippen LogP contribution is -2.45. The fourth-order valence-corrected chi connectivity index (χ4v) is 1.60. The van der Waals surface area contributed by atoms with Gasteiger partial charge in [0.2, 0.25) is 0 Å². The first kappa shape index (κ1) is 15.4. The molecule has 6 heteroatoms. The van der Waals surface area contributed by atoms with E-state index in [-0.39, 0.29) is 17.5 Å². The van der Waals surface area contributed by atoms with Crippen LogP contribution in [0.4, 0.5) is 0 Å². The summed E-state index contributed by atoms with van der Waals surface area (Å²) in [4.78, 5) is 26.7. The molecule has 1 amide bonds. The van der Waals surface area contributed by atoms with Gasteiger partial charge in [0.25, 0.3) is 5.91 Å². The monoisotopic (exact) mass is 284 g/mol. The third-order valence-corrected chi connectivity index (χ3v) is 2.91. The Bertz CT molecular complexity index is 466. The van der Waals surface area contributed by atoms with Gasteiger partial charge in [-0.1, -0.05) is 32.4 Å². The molecule has 0 fully saturated rings. The van der Waals surface area contributed by atoms with E-state index in [1.807, 2.05) is 20.8 Å². The number of halogens is 1. The quantitative estimate of drug-likeness (QED) is 0.889. The van der Waals surface area contributed by atoms with Crippen molar-refractivity contribution < 1.29 is 14.7 Å². The predicted molar refractivity (Wildman–Crippen MR) is 72.2 cm³/mol. The Labute approximate surface area is 117 Å². The molecule has 0 saturated carbocycles. The number of aliphatic carboxylic acids is 1. The summed E-state index contributed by atoms with van der Waals surface area (Å²) in [6, 6.07) is 2.58. The molecule has 0 radical (unpaired) electrons. The van der Waals surface area contributed by atoms with Crippen LogP contribution in [0.5, 0.6) is 0 Å². The molecular weight excluding hydrogens is 268 g/mol. The van der Waals surface area contributed by atoms with Crippen molar-refractivity contribution in [3.63, 3.8) is 0 Å². The van der Waals surface area contributed by atoms with E-state index >= 15 is 0 Å². The summed E-state index contributed by atoms with van der Waals surface area (Å²) in [5.74, 6) is -1.36. The van der Waals surface area contributed by atoms with Crippen molar-refractivity contribution in [2.75, 3.05) is 0 Å². The van der Waals surface area contributed by atoms with E-state index < -0.39 is 17.9 Å². The van der Waals surface area contributed by atoms with Gasteiger partial charge in [0.1, 0.15) is 5.69 Å². The van der Waals surface area contributed by atoms with Crippen molar-refractivity contribution in [2.24, 2.45) is 5.41 Å². The maximum Gasteiger partial charge on any atom is 0.305 e. The zero-order chi connectivity index (χ0) is 14.6. The molecule has 1 atom stereocenters. The first-order valence-corrected chi connectivity index (χ1v) is 6.22. The van der Waals surface area contributed by atoms with Crippen LogP contribution in [-0.4, -0.2) is 28.0 Å². The third kappa shape index (κ3) is 4.87. The van der Waals surface area contributed by atoms with E-state index in [9.17, 15) is 9.59 Å². The van der Waals surface area contributed by atoms with Crippen molar-refractivity contribution in [3.05, 3.63) is 29.0 Å². The topological polar surface area (TPSA) is 79.3 Å². The summed E-state index contributed by atoms with van der Waals surface area (Å²) in [5, 5.41) is 12.0. The van der Waals surface area contributed by atoms with E-state index in [4.69, 9.17) is 16.7 Å². The van der Waals surface area contributed by atoms with Crippen molar-refractivity contribution in [3.8, 4) is 0 Å². The second-order valence-corrected chi connectivity index (χ2v) is 5.79. The molecular formula is C13H17ClN2O3. The van der Waals surface area contributed by atoms with Gasteiger partial charge in [0, 0.05) is 12.2 Å². The van der Waals surface area contributed by atoms with Crippen molar-refractivity contribution in [1.82, 2.24) is 10.3 Å². The molecule has 19 heavy (non-hydrogen) atoms. The molecule has 0 aromatic carbocycles. The van der Waals surface area contributed by atoms with Crippen LogP contribution in [0.15, 0.2) is 18.3 Å². The number of hydrogen-bond acceptors (Lipinski definition) is 3.